The number of halogens is 4. The number of pyridine rings is 1. The molecule has 11 heteroatoms. The summed E-state index contributed by atoms with van der Waals surface area (Å²) in [7, 11) is 0. The number of carbonyl (C=O) groups excluding carboxylic acids is 1. The normalized spacial score (nSPS) is 22.8. The van der Waals surface area contributed by atoms with Crippen LogP contribution in [0, 0.1) is 10.8 Å². The molecule has 7 nitrogen and oxygen atoms in total. The number of alkyl halides is 3. The molecule has 0 radical (unpaired) electrons. The second kappa shape index (κ2) is 10.5. The Labute approximate surface area is 225 Å². The minimum atomic E-state index is -4.80. The highest BCUT2D eigenvalue weighted by atomic mass is 35.5. The van der Waals surface area contributed by atoms with E-state index in [4.69, 9.17) is 11.6 Å². The van der Waals surface area contributed by atoms with Gasteiger partial charge in [-0.3, -0.25) is 19.3 Å². The maximum absolute atomic E-state index is 14.4. The van der Waals surface area contributed by atoms with Crippen LogP contribution in [-0.2, 0) is 23.8 Å². The summed E-state index contributed by atoms with van der Waals surface area (Å²) in [4.78, 5) is 30.9. The molecular formula is C27H34ClF3N4O3. The van der Waals surface area contributed by atoms with Gasteiger partial charge in [0.05, 0.1) is 28.2 Å². The molecule has 1 amide bonds. The summed E-state index contributed by atoms with van der Waals surface area (Å²) in [6, 6.07) is -0.627. The van der Waals surface area contributed by atoms with Crippen molar-refractivity contribution in [3.8, 4) is 0 Å². The first-order valence-corrected chi connectivity index (χ1v) is 13.4. The first kappa shape index (κ1) is 28.4. The number of rotatable bonds is 9. The number of aromatic nitrogens is 3. The molecule has 4 rings (SSSR count). The second-order valence-electron chi connectivity index (χ2n) is 11.3. The molecule has 0 aliphatic heterocycles. The average molecular weight is 555 g/mol. The standard InChI is InChI=1S/C27H34ClF3N4O3/c1-4-17-13-32-15-21(28)19(17)7-12-34(16-25(2)10-11-25)23(36)20-14-33-35(22(20)27(29,30)31)18-5-8-26(3,9-6-18)24(37)38/h13-15,18H,4-12,16H2,1-3H3,(H,37,38). The van der Waals surface area contributed by atoms with Crippen LogP contribution in [-0.4, -0.2) is 49.7 Å². The van der Waals surface area contributed by atoms with Gasteiger partial charge in [-0.25, -0.2) is 0 Å². The predicted molar refractivity (Wildman–Crippen MR) is 136 cm³/mol. The zero-order chi connectivity index (χ0) is 27.9. The molecule has 2 aromatic heterocycles. The highest BCUT2D eigenvalue weighted by molar-refractivity contribution is 6.31. The van der Waals surface area contributed by atoms with Crippen LogP contribution in [0.2, 0.25) is 5.02 Å². The van der Waals surface area contributed by atoms with Gasteiger partial charge in [-0.15, -0.1) is 0 Å². The maximum atomic E-state index is 14.4. The quantitative estimate of drug-likeness (QED) is 0.398. The lowest BCUT2D eigenvalue weighted by Gasteiger charge is -2.34. The third kappa shape index (κ3) is 5.84. The Morgan fingerprint density at radius 3 is 2.37 bits per heavy atom. The topological polar surface area (TPSA) is 88.3 Å². The van der Waals surface area contributed by atoms with Gasteiger partial charge in [-0.2, -0.15) is 18.3 Å². The maximum Gasteiger partial charge on any atom is 0.433 e. The first-order chi connectivity index (χ1) is 17.8. The second-order valence-corrected chi connectivity index (χ2v) is 11.8. The molecular weight excluding hydrogens is 521 g/mol. The van der Waals surface area contributed by atoms with Crippen molar-refractivity contribution in [2.45, 2.75) is 84.4 Å². The Hall–Kier alpha value is -2.62. The molecule has 0 unspecified atom stereocenters. The SMILES string of the molecule is CCc1cncc(Cl)c1CCN(CC1(C)CC1)C(=O)c1cnn(C2CCC(C)(C(=O)O)CC2)c1C(F)(F)F. The van der Waals surface area contributed by atoms with Crippen LogP contribution in [0.4, 0.5) is 13.2 Å². The minimum absolute atomic E-state index is 0.121. The summed E-state index contributed by atoms with van der Waals surface area (Å²) < 4.78 is 44.1. The van der Waals surface area contributed by atoms with Gasteiger partial charge < -0.3 is 10.0 Å². The fourth-order valence-corrected chi connectivity index (χ4v) is 5.64. The third-order valence-electron chi connectivity index (χ3n) is 8.29. The summed E-state index contributed by atoms with van der Waals surface area (Å²) in [5.74, 6) is -1.65. The average Bonchev–Trinajstić information content (AvgIpc) is 3.40. The van der Waals surface area contributed by atoms with Gasteiger partial charge in [0.1, 0.15) is 0 Å². The van der Waals surface area contributed by atoms with E-state index in [1.165, 1.54) is 11.1 Å². The van der Waals surface area contributed by atoms with E-state index in [1.54, 1.807) is 13.1 Å². The zero-order valence-electron chi connectivity index (χ0n) is 21.9. The van der Waals surface area contributed by atoms with Crippen LogP contribution < -0.4 is 0 Å². The molecule has 0 saturated heterocycles. The first-order valence-electron chi connectivity index (χ1n) is 13.1. The van der Waals surface area contributed by atoms with Crippen molar-refractivity contribution in [2.75, 3.05) is 13.1 Å². The third-order valence-corrected chi connectivity index (χ3v) is 8.61. The molecule has 1 N–H and O–H groups in total. The highest BCUT2D eigenvalue weighted by Crippen LogP contribution is 2.46. The van der Waals surface area contributed by atoms with E-state index < -0.39 is 40.8 Å². The Morgan fingerprint density at radius 1 is 1.16 bits per heavy atom. The van der Waals surface area contributed by atoms with Crippen molar-refractivity contribution in [3.05, 3.63) is 46.0 Å². The van der Waals surface area contributed by atoms with Crippen molar-refractivity contribution in [3.63, 3.8) is 0 Å². The van der Waals surface area contributed by atoms with Gasteiger partial charge in [0.2, 0.25) is 0 Å². The summed E-state index contributed by atoms with van der Waals surface area (Å²) in [6.45, 7) is 6.18. The monoisotopic (exact) mass is 554 g/mol. The smallest absolute Gasteiger partial charge is 0.433 e. The lowest BCUT2D eigenvalue weighted by atomic mass is 9.74. The number of carbonyl (C=O) groups is 2. The van der Waals surface area contributed by atoms with Gasteiger partial charge in [0.15, 0.2) is 5.69 Å². The number of carboxylic acids is 1. The Bertz CT molecular complexity index is 1200. The number of aryl methyl sites for hydroxylation is 1. The number of hydrogen-bond donors (Lipinski definition) is 1. The molecule has 208 valence electrons. The van der Waals surface area contributed by atoms with Gasteiger partial charge >= 0.3 is 12.1 Å². The molecule has 0 aromatic carbocycles. The zero-order valence-corrected chi connectivity index (χ0v) is 22.7. The molecule has 2 fully saturated rings. The van der Waals surface area contributed by atoms with E-state index in [1.807, 2.05) is 13.8 Å². The van der Waals surface area contributed by atoms with Gasteiger partial charge in [0.25, 0.3) is 5.91 Å². The molecule has 38 heavy (non-hydrogen) atoms. The van der Waals surface area contributed by atoms with Crippen LogP contribution in [0.1, 0.15) is 92.5 Å². The van der Waals surface area contributed by atoms with E-state index in [9.17, 15) is 27.9 Å². The van der Waals surface area contributed by atoms with Crippen molar-refractivity contribution in [1.29, 1.82) is 0 Å². The van der Waals surface area contributed by atoms with Crippen LogP contribution in [0.3, 0.4) is 0 Å². The summed E-state index contributed by atoms with van der Waals surface area (Å²) >= 11 is 6.38. The summed E-state index contributed by atoms with van der Waals surface area (Å²) in [6.07, 6.45) is 3.35. The molecule has 0 bridgehead atoms. The van der Waals surface area contributed by atoms with Gasteiger partial charge in [0, 0.05) is 25.5 Å². The fraction of sp³-hybridized carbons (Fsp3) is 0.630. The van der Waals surface area contributed by atoms with E-state index in [2.05, 4.69) is 10.1 Å². The fourth-order valence-electron chi connectivity index (χ4n) is 5.36. The van der Waals surface area contributed by atoms with E-state index >= 15 is 0 Å². The largest absolute Gasteiger partial charge is 0.481 e. The van der Waals surface area contributed by atoms with Gasteiger partial charge in [-0.1, -0.05) is 25.4 Å². The summed E-state index contributed by atoms with van der Waals surface area (Å²) in [5.41, 5.74) is -0.832. The number of hydrogen-bond acceptors (Lipinski definition) is 4. The van der Waals surface area contributed by atoms with Crippen molar-refractivity contribution in [2.24, 2.45) is 10.8 Å². The molecule has 2 aliphatic carbocycles. The Balaban J connectivity index is 1.62. The summed E-state index contributed by atoms with van der Waals surface area (Å²) in [5, 5.41) is 14.0. The van der Waals surface area contributed by atoms with Crippen molar-refractivity contribution in [1.82, 2.24) is 19.7 Å². The highest BCUT2D eigenvalue weighted by Gasteiger charge is 2.46. The van der Waals surface area contributed by atoms with E-state index in [0.717, 1.165) is 34.8 Å². The number of amides is 1. The molecule has 2 aliphatic rings. The van der Waals surface area contributed by atoms with Gasteiger partial charge in [-0.05, 0) is 74.8 Å². The Kier molecular flexibility index (Phi) is 7.85. The predicted octanol–water partition coefficient (Wildman–Crippen LogP) is 6.20. The van der Waals surface area contributed by atoms with Crippen LogP contribution in [0.15, 0.2) is 18.6 Å². The van der Waals surface area contributed by atoms with Crippen LogP contribution in [0.5, 0.6) is 0 Å². The van der Waals surface area contributed by atoms with Crippen LogP contribution in [0.25, 0.3) is 0 Å². The molecule has 2 saturated carbocycles. The van der Waals surface area contributed by atoms with Crippen molar-refractivity contribution >= 4 is 23.5 Å². The number of nitrogens with zero attached hydrogens (tertiary/aromatic N) is 4. The van der Waals surface area contributed by atoms with E-state index in [0.29, 0.717) is 24.4 Å². The molecule has 2 heterocycles. The number of aliphatic carboxylic acids is 1. The lowest BCUT2D eigenvalue weighted by Crippen LogP contribution is -2.38. The van der Waals surface area contributed by atoms with Crippen molar-refractivity contribution < 1.29 is 27.9 Å². The Morgan fingerprint density at radius 2 is 1.82 bits per heavy atom. The van der Waals surface area contributed by atoms with Crippen LogP contribution >= 0.6 is 11.6 Å². The molecule has 2 aromatic rings. The number of carboxylic acid groups (broad SMARTS) is 1. The molecule has 0 spiro atoms. The van der Waals surface area contributed by atoms with E-state index in [-0.39, 0.29) is 37.6 Å². The molecule has 0 atom stereocenters. The minimum Gasteiger partial charge on any atom is -0.481 e. The lowest BCUT2D eigenvalue weighted by molar-refractivity contribution is -0.152.